The minimum absolute atomic E-state index is 0.493. The molecule has 5 nitrogen and oxygen atoms in total. The molecule has 27 heavy (non-hydrogen) atoms. The smallest absolute Gasteiger partial charge is 0.150 e. The lowest BCUT2D eigenvalue weighted by Gasteiger charge is -2.18. The number of carbonyl (C=O) groups is 1. The zero-order chi connectivity index (χ0) is 18.9. The molecule has 0 amide bonds. The minimum atomic E-state index is 0.493. The summed E-state index contributed by atoms with van der Waals surface area (Å²) in [6, 6.07) is 21.0. The second-order valence-corrected chi connectivity index (χ2v) is 6.09. The molecule has 0 fully saturated rings. The molecule has 0 unspecified atom stereocenters. The van der Waals surface area contributed by atoms with Crippen LogP contribution in [0.1, 0.15) is 15.9 Å². The Labute approximate surface area is 159 Å². The number of benzene rings is 2. The van der Waals surface area contributed by atoms with Crippen LogP contribution >= 0.6 is 0 Å². The number of aldehydes is 1. The molecule has 0 saturated carbocycles. The predicted molar refractivity (Wildman–Crippen MR) is 106 cm³/mol. The van der Waals surface area contributed by atoms with Crippen molar-refractivity contribution < 1.29 is 14.3 Å². The van der Waals surface area contributed by atoms with Gasteiger partial charge in [0.25, 0.3) is 0 Å². The van der Waals surface area contributed by atoms with Gasteiger partial charge in [0, 0.05) is 12.6 Å². The average molecular weight is 362 g/mol. The quantitative estimate of drug-likeness (QED) is 0.539. The Morgan fingerprint density at radius 2 is 1.81 bits per heavy atom. The summed E-state index contributed by atoms with van der Waals surface area (Å²) in [5.41, 5.74) is 1.73. The van der Waals surface area contributed by atoms with E-state index in [4.69, 9.17) is 9.47 Å². The van der Waals surface area contributed by atoms with Gasteiger partial charge in [0.1, 0.15) is 36.8 Å². The summed E-state index contributed by atoms with van der Waals surface area (Å²) in [5.74, 6) is 2.26. The van der Waals surface area contributed by atoms with Crippen LogP contribution in [-0.2, 0) is 6.61 Å². The number of hydrogen-bond acceptors (Lipinski definition) is 5. The molecule has 0 spiro atoms. The van der Waals surface area contributed by atoms with Crippen LogP contribution in [0.25, 0.3) is 0 Å². The topological polar surface area (TPSA) is 51.7 Å². The molecule has 0 aliphatic heterocycles. The molecule has 0 atom stereocenters. The molecule has 0 aliphatic rings. The van der Waals surface area contributed by atoms with Gasteiger partial charge in [-0.2, -0.15) is 0 Å². The van der Waals surface area contributed by atoms with Gasteiger partial charge in [-0.1, -0.05) is 42.5 Å². The van der Waals surface area contributed by atoms with Gasteiger partial charge in [0.05, 0.1) is 12.7 Å². The number of pyridine rings is 1. The van der Waals surface area contributed by atoms with E-state index in [1.165, 1.54) is 0 Å². The van der Waals surface area contributed by atoms with Gasteiger partial charge in [-0.3, -0.25) is 4.79 Å². The maximum Gasteiger partial charge on any atom is 0.150 e. The summed E-state index contributed by atoms with van der Waals surface area (Å²) in [5, 5.41) is 0. The zero-order valence-corrected chi connectivity index (χ0v) is 15.2. The van der Waals surface area contributed by atoms with Crippen LogP contribution in [-0.4, -0.2) is 31.5 Å². The lowest BCUT2D eigenvalue weighted by atomic mass is 10.2. The highest BCUT2D eigenvalue weighted by atomic mass is 16.5. The Bertz CT molecular complexity index is 851. The van der Waals surface area contributed by atoms with Gasteiger partial charge >= 0.3 is 0 Å². The second-order valence-electron chi connectivity index (χ2n) is 6.09. The fourth-order valence-electron chi connectivity index (χ4n) is 2.52. The van der Waals surface area contributed by atoms with Crippen molar-refractivity contribution in [1.29, 1.82) is 0 Å². The molecule has 2 aromatic carbocycles. The summed E-state index contributed by atoms with van der Waals surface area (Å²) < 4.78 is 11.5. The van der Waals surface area contributed by atoms with Gasteiger partial charge in [-0.15, -0.1) is 0 Å². The van der Waals surface area contributed by atoms with E-state index in [9.17, 15) is 4.79 Å². The Morgan fingerprint density at radius 1 is 0.963 bits per heavy atom. The van der Waals surface area contributed by atoms with Crippen molar-refractivity contribution in [2.75, 3.05) is 25.1 Å². The van der Waals surface area contributed by atoms with E-state index in [0.717, 1.165) is 23.4 Å². The highest BCUT2D eigenvalue weighted by Gasteiger charge is 2.04. The Balaban J connectivity index is 1.46. The van der Waals surface area contributed by atoms with Crippen molar-refractivity contribution in [2.45, 2.75) is 6.61 Å². The third-order valence-electron chi connectivity index (χ3n) is 4.05. The first kappa shape index (κ1) is 18.5. The molecule has 0 aliphatic carbocycles. The fourth-order valence-corrected chi connectivity index (χ4v) is 2.52. The summed E-state index contributed by atoms with van der Waals surface area (Å²) in [7, 11) is 1.96. The molecular formula is C22H22N2O3. The van der Waals surface area contributed by atoms with E-state index < -0.39 is 0 Å². The van der Waals surface area contributed by atoms with E-state index in [1.54, 1.807) is 24.4 Å². The van der Waals surface area contributed by atoms with Crippen LogP contribution < -0.4 is 14.4 Å². The Morgan fingerprint density at radius 3 is 2.56 bits per heavy atom. The molecule has 3 rings (SSSR count). The van der Waals surface area contributed by atoms with Gasteiger partial charge < -0.3 is 14.4 Å². The first-order valence-electron chi connectivity index (χ1n) is 8.76. The highest BCUT2D eigenvalue weighted by Crippen LogP contribution is 2.17. The molecule has 0 bridgehead atoms. The van der Waals surface area contributed by atoms with Crippen LogP contribution in [0.3, 0.4) is 0 Å². The lowest BCUT2D eigenvalue weighted by Crippen LogP contribution is -2.24. The molecule has 0 saturated heterocycles. The molecule has 0 radical (unpaired) electrons. The van der Waals surface area contributed by atoms with Gasteiger partial charge in [0.2, 0.25) is 0 Å². The van der Waals surface area contributed by atoms with E-state index in [-0.39, 0.29) is 0 Å². The SMILES string of the molecule is CN(CCOc1cccc(C=O)c1)c1ccc(OCc2ccccc2)cn1. The number of carbonyl (C=O) groups excluding carboxylic acids is 1. The second kappa shape index (κ2) is 9.38. The van der Waals surface area contributed by atoms with Crippen molar-refractivity contribution in [2.24, 2.45) is 0 Å². The van der Waals surface area contributed by atoms with Crippen LogP contribution in [0.5, 0.6) is 11.5 Å². The normalized spacial score (nSPS) is 10.3. The minimum Gasteiger partial charge on any atom is -0.492 e. The monoisotopic (exact) mass is 362 g/mol. The van der Waals surface area contributed by atoms with Gasteiger partial charge in [0.15, 0.2) is 0 Å². The maximum absolute atomic E-state index is 10.8. The predicted octanol–water partition coefficient (Wildman–Crippen LogP) is 3.99. The maximum atomic E-state index is 10.8. The van der Waals surface area contributed by atoms with Gasteiger partial charge in [-0.25, -0.2) is 4.98 Å². The van der Waals surface area contributed by atoms with Crippen LogP contribution in [0.2, 0.25) is 0 Å². The average Bonchev–Trinajstić information content (AvgIpc) is 2.73. The van der Waals surface area contributed by atoms with E-state index in [0.29, 0.717) is 31.1 Å². The zero-order valence-electron chi connectivity index (χ0n) is 15.2. The lowest BCUT2D eigenvalue weighted by molar-refractivity contribution is 0.112. The fraction of sp³-hybridized carbons (Fsp3) is 0.182. The summed E-state index contributed by atoms with van der Waals surface area (Å²) in [4.78, 5) is 17.2. The molecule has 5 heteroatoms. The van der Waals surface area contributed by atoms with Crippen molar-refractivity contribution in [3.63, 3.8) is 0 Å². The highest BCUT2D eigenvalue weighted by molar-refractivity contribution is 5.75. The molecule has 0 N–H and O–H groups in total. The number of hydrogen-bond donors (Lipinski definition) is 0. The van der Waals surface area contributed by atoms with E-state index >= 15 is 0 Å². The van der Waals surface area contributed by atoms with Crippen molar-refractivity contribution in [3.05, 3.63) is 84.1 Å². The number of anilines is 1. The van der Waals surface area contributed by atoms with Crippen LogP contribution in [0, 0.1) is 0 Å². The van der Waals surface area contributed by atoms with Crippen molar-refractivity contribution in [3.8, 4) is 11.5 Å². The third kappa shape index (κ3) is 5.57. The summed E-state index contributed by atoms with van der Waals surface area (Å²) in [6.45, 7) is 1.68. The van der Waals surface area contributed by atoms with Crippen LogP contribution in [0.15, 0.2) is 72.9 Å². The van der Waals surface area contributed by atoms with Crippen LogP contribution in [0.4, 0.5) is 5.82 Å². The molecular weight excluding hydrogens is 340 g/mol. The number of ether oxygens (including phenoxy) is 2. The molecule has 1 aromatic heterocycles. The Hall–Kier alpha value is -3.34. The largest absolute Gasteiger partial charge is 0.492 e. The number of rotatable bonds is 9. The number of nitrogens with zero attached hydrogens (tertiary/aromatic N) is 2. The number of likely N-dealkylation sites (N-methyl/N-ethyl adjacent to an activating group) is 1. The first-order valence-corrected chi connectivity index (χ1v) is 8.76. The third-order valence-corrected chi connectivity index (χ3v) is 4.05. The molecule has 3 aromatic rings. The molecule has 138 valence electrons. The first-order chi connectivity index (χ1) is 13.2. The van der Waals surface area contributed by atoms with Gasteiger partial charge in [-0.05, 0) is 29.8 Å². The number of aromatic nitrogens is 1. The van der Waals surface area contributed by atoms with E-state index in [2.05, 4.69) is 4.98 Å². The van der Waals surface area contributed by atoms with E-state index in [1.807, 2.05) is 60.5 Å². The molecule has 1 heterocycles. The standard InChI is InChI=1S/C22H22N2O3/c1-24(12-13-26-20-9-5-8-19(14-20)16-25)22-11-10-21(15-23-22)27-17-18-6-3-2-4-7-18/h2-11,14-16H,12-13,17H2,1H3. The Kier molecular flexibility index (Phi) is 6.41. The summed E-state index contributed by atoms with van der Waals surface area (Å²) >= 11 is 0. The summed E-state index contributed by atoms with van der Waals surface area (Å²) in [6.07, 6.45) is 2.54. The van der Waals surface area contributed by atoms with Crippen molar-refractivity contribution >= 4 is 12.1 Å². The van der Waals surface area contributed by atoms with Crippen molar-refractivity contribution in [1.82, 2.24) is 4.98 Å².